The maximum atomic E-state index is 2.61. The summed E-state index contributed by atoms with van der Waals surface area (Å²) in [5.41, 5.74) is 7.75. The van der Waals surface area contributed by atoms with Gasteiger partial charge in [0.2, 0.25) is 0 Å². The molecule has 4 rings (SSSR count). The minimum absolute atomic E-state index is 0.850. The Labute approximate surface area is 110 Å². The van der Waals surface area contributed by atoms with E-state index in [0.717, 1.165) is 23.7 Å². The third-order valence-corrected chi connectivity index (χ3v) is 5.71. The van der Waals surface area contributed by atoms with Crippen molar-refractivity contribution in [2.75, 3.05) is 0 Å². The molecule has 0 nitrogen and oxygen atoms in total. The number of benzene rings is 1. The number of hydrogen-bond acceptors (Lipinski definition) is 0. The molecule has 1 aromatic carbocycles. The Morgan fingerprint density at radius 1 is 1.00 bits per heavy atom. The molecule has 0 saturated heterocycles. The lowest BCUT2D eigenvalue weighted by molar-refractivity contribution is 0.338. The number of allylic oxidation sites excluding steroid dienone is 2. The topological polar surface area (TPSA) is 0 Å². The molecule has 2 saturated carbocycles. The van der Waals surface area contributed by atoms with E-state index in [1.807, 2.05) is 0 Å². The van der Waals surface area contributed by atoms with Crippen molar-refractivity contribution in [3.63, 3.8) is 0 Å². The molecule has 2 bridgehead atoms. The van der Waals surface area contributed by atoms with Gasteiger partial charge in [-0.1, -0.05) is 23.8 Å². The molecule has 3 aliphatic carbocycles. The third-order valence-electron chi connectivity index (χ3n) is 5.71. The number of aryl methyl sites for hydroxylation is 2. The van der Waals surface area contributed by atoms with Crippen molar-refractivity contribution in [2.45, 2.75) is 46.0 Å². The first-order chi connectivity index (χ1) is 8.65. The maximum absolute atomic E-state index is 2.61. The lowest BCUT2D eigenvalue weighted by Crippen LogP contribution is -2.24. The zero-order chi connectivity index (χ0) is 12.4. The number of hydrogen-bond donors (Lipinski definition) is 0. The monoisotopic (exact) mass is 238 g/mol. The van der Waals surface area contributed by atoms with Crippen molar-refractivity contribution < 1.29 is 0 Å². The quantitative estimate of drug-likeness (QED) is 0.606. The van der Waals surface area contributed by atoms with E-state index in [2.05, 4.69) is 39.0 Å². The summed E-state index contributed by atoms with van der Waals surface area (Å²) in [5.74, 6) is 3.68. The summed E-state index contributed by atoms with van der Waals surface area (Å²) < 4.78 is 0. The number of rotatable bonds is 0. The van der Waals surface area contributed by atoms with Crippen molar-refractivity contribution in [1.82, 2.24) is 0 Å². The standard InChI is InChI=1S/C18H22/c1-10-6-12(3)17-15(7-10)11(2)8-16-13-4-5-14(9-13)18(16)17/h6-8,13-14,16,18H,4-5,9H2,1-3H3/t13-,14+,16?,18?/m1/s1. The van der Waals surface area contributed by atoms with Gasteiger partial charge in [-0.15, -0.1) is 0 Å². The minimum Gasteiger partial charge on any atom is -0.0770 e. The highest BCUT2D eigenvalue weighted by Gasteiger charge is 2.49. The second-order valence-corrected chi connectivity index (χ2v) is 6.83. The third kappa shape index (κ3) is 1.27. The van der Waals surface area contributed by atoms with Crippen LogP contribution >= 0.6 is 0 Å². The molecule has 0 heterocycles. The largest absolute Gasteiger partial charge is 0.0770 e. The first kappa shape index (κ1) is 10.8. The highest BCUT2D eigenvalue weighted by atomic mass is 14.5. The van der Waals surface area contributed by atoms with Crippen LogP contribution in [0.5, 0.6) is 0 Å². The van der Waals surface area contributed by atoms with Crippen LogP contribution in [0.25, 0.3) is 5.57 Å². The highest BCUT2D eigenvalue weighted by Crippen LogP contribution is 2.60. The van der Waals surface area contributed by atoms with E-state index in [-0.39, 0.29) is 0 Å². The molecule has 3 aliphatic rings. The molecule has 0 spiro atoms. The second kappa shape index (κ2) is 3.50. The first-order valence-corrected chi connectivity index (χ1v) is 7.45. The number of fused-ring (bicyclic) bond motifs is 7. The Morgan fingerprint density at radius 3 is 2.61 bits per heavy atom. The first-order valence-electron chi connectivity index (χ1n) is 7.45. The van der Waals surface area contributed by atoms with Crippen molar-refractivity contribution >= 4 is 5.57 Å². The fourth-order valence-electron chi connectivity index (χ4n) is 5.13. The van der Waals surface area contributed by atoms with Crippen LogP contribution < -0.4 is 0 Å². The van der Waals surface area contributed by atoms with Crippen molar-refractivity contribution in [2.24, 2.45) is 17.8 Å². The van der Waals surface area contributed by atoms with Crippen LogP contribution in [0, 0.1) is 31.6 Å². The van der Waals surface area contributed by atoms with Gasteiger partial charge in [-0.2, -0.15) is 0 Å². The van der Waals surface area contributed by atoms with Crippen LogP contribution in [0.3, 0.4) is 0 Å². The van der Waals surface area contributed by atoms with Crippen molar-refractivity contribution in [1.29, 1.82) is 0 Å². The predicted octanol–water partition coefficient (Wildman–Crippen LogP) is 4.85. The molecule has 0 N–H and O–H groups in total. The fourth-order valence-corrected chi connectivity index (χ4v) is 5.13. The van der Waals surface area contributed by atoms with Crippen LogP contribution in [-0.2, 0) is 0 Å². The van der Waals surface area contributed by atoms with E-state index in [4.69, 9.17) is 0 Å². The summed E-state index contributed by atoms with van der Waals surface area (Å²) in [6.07, 6.45) is 7.06. The normalized spacial score (nSPS) is 36.3. The van der Waals surface area contributed by atoms with Gasteiger partial charge in [-0.3, -0.25) is 0 Å². The lowest BCUT2D eigenvalue weighted by atomic mass is 9.68. The van der Waals surface area contributed by atoms with Crippen molar-refractivity contribution in [3.05, 3.63) is 40.5 Å². The van der Waals surface area contributed by atoms with E-state index < -0.39 is 0 Å². The smallest absolute Gasteiger partial charge is 0.00590 e. The molecule has 94 valence electrons. The average Bonchev–Trinajstić information content (AvgIpc) is 2.90. The second-order valence-electron chi connectivity index (χ2n) is 6.83. The van der Waals surface area contributed by atoms with Gasteiger partial charge in [0.25, 0.3) is 0 Å². The molecule has 0 heteroatoms. The van der Waals surface area contributed by atoms with Crippen LogP contribution in [0.4, 0.5) is 0 Å². The van der Waals surface area contributed by atoms with E-state index in [1.54, 1.807) is 16.7 Å². The summed E-state index contributed by atoms with van der Waals surface area (Å²) in [5, 5.41) is 0. The Bertz CT molecular complexity index is 549. The van der Waals surface area contributed by atoms with Crippen LogP contribution in [0.2, 0.25) is 0 Å². The van der Waals surface area contributed by atoms with Gasteiger partial charge in [-0.25, -0.2) is 0 Å². The maximum Gasteiger partial charge on any atom is -0.00590 e. The molecule has 2 unspecified atom stereocenters. The van der Waals surface area contributed by atoms with Crippen LogP contribution in [-0.4, -0.2) is 0 Å². The van der Waals surface area contributed by atoms with E-state index in [9.17, 15) is 0 Å². The molecular formula is C18H22. The van der Waals surface area contributed by atoms with E-state index in [0.29, 0.717) is 0 Å². The molecule has 0 radical (unpaired) electrons. The van der Waals surface area contributed by atoms with E-state index in [1.165, 1.54) is 30.4 Å². The van der Waals surface area contributed by atoms with Gasteiger partial charge in [0.15, 0.2) is 0 Å². The van der Waals surface area contributed by atoms with Gasteiger partial charge < -0.3 is 0 Å². The highest BCUT2D eigenvalue weighted by molar-refractivity contribution is 5.72. The lowest BCUT2D eigenvalue weighted by Gasteiger charge is -2.36. The summed E-state index contributed by atoms with van der Waals surface area (Å²) in [4.78, 5) is 0. The Balaban J connectivity index is 1.95. The molecule has 1 aromatic rings. The summed E-state index contributed by atoms with van der Waals surface area (Å²) in [6, 6.07) is 4.80. The van der Waals surface area contributed by atoms with Gasteiger partial charge in [0, 0.05) is 0 Å². The molecule has 2 fully saturated rings. The van der Waals surface area contributed by atoms with Gasteiger partial charge in [-0.05, 0) is 86.0 Å². The summed E-state index contributed by atoms with van der Waals surface area (Å²) in [6.45, 7) is 6.88. The van der Waals surface area contributed by atoms with Gasteiger partial charge >= 0.3 is 0 Å². The van der Waals surface area contributed by atoms with Crippen molar-refractivity contribution in [3.8, 4) is 0 Å². The average molecular weight is 238 g/mol. The SMILES string of the molecule is CC1=CC2C(c3c(C)cc(C)cc31)[C@H]1CC[C@@H]2C1. The molecule has 0 aliphatic heterocycles. The van der Waals surface area contributed by atoms with E-state index >= 15 is 0 Å². The molecular weight excluding hydrogens is 216 g/mol. The predicted molar refractivity (Wildman–Crippen MR) is 76.6 cm³/mol. The Morgan fingerprint density at radius 2 is 1.78 bits per heavy atom. The van der Waals surface area contributed by atoms with Gasteiger partial charge in [0.1, 0.15) is 0 Å². The van der Waals surface area contributed by atoms with Gasteiger partial charge in [0.05, 0.1) is 0 Å². The molecule has 0 aromatic heterocycles. The minimum atomic E-state index is 0.850. The molecule has 18 heavy (non-hydrogen) atoms. The zero-order valence-corrected chi connectivity index (χ0v) is 11.7. The summed E-state index contributed by atoms with van der Waals surface area (Å²) in [7, 11) is 0. The Hall–Kier alpha value is -1.04. The zero-order valence-electron chi connectivity index (χ0n) is 11.7. The van der Waals surface area contributed by atoms with Crippen LogP contribution in [0.1, 0.15) is 54.4 Å². The fraction of sp³-hybridized carbons (Fsp3) is 0.556. The summed E-state index contributed by atoms with van der Waals surface area (Å²) >= 11 is 0. The Kier molecular flexibility index (Phi) is 2.11. The molecule has 4 atom stereocenters. The van der Waals surface area contributed by atoms with Crippen LogP contribution in [0.15, 0.2) is 18.2 Å². The molecule has 0 amide bonds.